The number of carbonyl (C=O) groups is 3. The number of hydrogen-bond donors (Lipinski definition) is 5. The first-order valence-corrected chi connectivity index (χ1v) is 7.50. The van der Waals surface area contributed by atoms with Gasteiger partial charge in [-0.3, -0.25) is 9.59 Å². The predicted octanol–water partition coefficient (Wildman–Crippen LogP) is -0.508. The molecule has 0 unspecified atom stereocenters. The van der Waals surface area contributed by atoms with E-state index >= 15 is 0 Å². The molecule has 0 spiro atoms. The van der Waals surface area contributed by atoms with Crippen LogP contribution in [0, 0.1) is 0 Å². The number of fused-ring (bicyclic) bond motifs is 1. The van der Waals surface area contributed by atoms with Crippen LogP contribution in [0.4, 0.5) is 0 Å². The molecule has 0 aliphatic carbocycles. The number of nitrogens with two attached hydrogens (primary N) is 2. The largest absolute Gasteiger partial charge is 0.480 e. The molecule has 0 fully saturated rings. The summed E-state index contributed by atoms with van der Waals surface area (Å²) in [6.45, 7) is 0. The van der Waals surface area contributed by atoms with Gasteiger partial charge in [-0.2, -0.15) is 0 Å². The maximum Gasteiger partial charge on any atom is 0.326 e. The fourth-order valence-corrected chi connectivity index (χ4v) is 2.42. The van der Waals surface area contributed by atoms with Gasteiger partial charge in [0.15, 0.2) is 0 Å². The smallest absolute Gasteiger partial charge is 0.326 e. The van der Waals surface area contributed by atoms with Crippen LogP contribution in [0.5, 0.6) is 0 Å². The Bertz CT molecular complexity index is 761. The van der Waals surface area contributed by atoms with Gasteiger partial charge in [0, 0.05) is 48.8 Å². The first-order valence-electron chi connectivity index (χ1n) is 7.50. The van der Waals surface area contributed by atoms with Crippen molar-refractivity contribution in [3.05, 3.63) is 36.0 Å². The van der Waals surface area contributed by atoms with Crippen LogP contribution >= 0.6 is 0 Å². The zero-order valence-corrected chi connectivity index (χ0v) is 14.0. The fourth-order valence-electron chi connectivity index (χ4n) is 2.42. The van der Waals surface area contributed by atoms with Gasteiger partial charge in [-0.15, -0.1) is 0 Å². The minimum atomic E-state index is -1.13. The van der Waals surface area contributed by atoms with Crippen LogP contribution in [-0.4, -0.2) is 58.8 Å². The van der Waals surface area contributed by atoms with Gasteiger partial charge in [0.05, 0.1) is 6.04 Å². The van der Waals surface area contributed by atoms with Crippen LogP contribution in [0.3, 0.4) is 0 Å². The molecule has 0 aliphatic rings. The average molecular weight is 339 g/mol. The molecular formula is C16H20LiN4O4. The first kappa shape index (κ1) is 20.8. The number of benzene rings is 1. The summed E-state index contributed by atoms with van der Waals surface area (Å²) in [6, 6.07) is 5.51. The normalized spacial score (nSPS) is 12.8. The minimum Gasteiger partial charge on any atom is -0.480 e. The van der Waals surface area contributed by atoms with Crippen molar-refractivity contribution in [3.63, 3.8) is 0 Å². The molecule has 9 heteroatoms. The summed E-state index contributed by atoms with van der Waals surface area (Å²) in [4.78, 5) is 37.2. The first-order chi connectivity index (χ1) is 11.4. The Morgan fingerprint density at radius 1 is 1.24 bits per heavy atom. The molecule has 7 N–H and O–H groups in total. The molecule has 1 radical (unpaired) electrons. The number of rotatable bonds is 8. The van der Waals surface area contributed by atoms with Crippen molar-refractivity contribution in [2.45, 2.75) is 31.3 Å². The van der Waals surface area contributed by atoms with Crippen molar-refractivity contribution in [2.24, 2.45) is 11.5 Å². The van der Waals surface area contributed by atoms with Gasteiger partial charge in [0.25, 0.3) is 0 Å². The maximum absolute atomic E-state index is 11.9. The van der Waals surface area contributed by atoms with E-state index in [-0.39, 0.29) is 38.1 Å². The van der Waals surface area contributed by atoms with E-state index in [2.05, 4.69) is 10.3 Å². The van der Waals surface area contributed by atoms with Crippen LogP contribution in [0.25, 0.3) is 10.9 Å². The third kappa shape index (κ3) is 5.64. The van der Waals surface area contributed by atoms with E-state index in [0.717, 1.165) is 16.5 Å². The monoisotopic (exact) mass is 339 g/mol. The third-order valence-electron chi connectivity index (χ3n) is 3.78. The van der Waals surface area contributed by atoms with Crippen molar-refractivity contribution in [1.29, 1.82) is 0 Å². The van der Waals surface area contributed by atoms with Crippen molar-refractivity contribution in [1.82, 2.24) is 10.3 Å². The van der Waals surface area contributed by atoms with Gasteiger partial charge in [-0.1, -0.05) is 18.2 Å². The van der Waals surface area contributed by atoms with E-state index < -0.39 is 29.9 Å². The summed E-state index contributed by atoms with van der Waals surface area (Å²) >= 11 is 0. The molecule has 0 saturated heterocycles. The Kier molecular flexibility index (Phi) is 7.70. The fraction of sp³-hybridized carbons (Fsp3) is 0.312. The number of amides is 2. The molecule has 2 aromatic rings. The number of primary amides is 1. The molecule has 0 aliphatic heterocycles. The van der Waals surface area contributed by atoms with E-state index in [1.807, 2.05) is 24.3 Å². The van der Waals surface area contributed by atoms with E-state index in [1.54, 1.807) is 6.20 Å². The second-order valence-electron chi connectivity index (χ2n) is 5.57. The van der Waals surface area contributed by atoms with Gasteiger partial charge in [0.1, 0.15) is 6.04 Å². The van der Waals surface area contributed by atoms with Crippen LogP contribution in [-0.2, 0) is 20.8 Å². The number of H-pyrrole nitrogens is 1. The van der Waals surface area contributed by atoms with Gasteiger partial charge in [-0.05, 0) is 18.1 Å². The quantitative estimate of drug-likeness (QED) is 0.410. The number of hydrogen-bond acceptors (Lipinski definition) is 4. The summed E-state index contributed by atoms with van der Waals surface area (Å²) in [5.41, 5.74) is 12.2. The number of carboxylic acids is 1. The molecule has 1 aromatic carbocycles. The van der Waals surface area contributed by atoms with Crippen LogP contribution in [0.15, 0.2) is 30.5 Å². The van der Waals surface area contributed by atoms with Gasteiger partial charge >= 0.3 is 5.97 Å². The number of aromatic nitrogens is 1. The zero-order chi connectivity index (χ0) is 17.7. The van der Waals surface area contributed by atoms with Gasteiger partial charge < -0.3 is 26.9 Å². The SMILES string of the molecule is NC(=O)[C@H](N)CCC(=O)N[C@H](Cc1c[nH]c2ccccc12)C(=O)O.[Li]. The molecule has 129 valence electrons. The molecular weight excluding hydrogens is 319 g/mol. The summed E-state index contributed by atoms with van der Waals surface area (Å²) < 4.78 is 0. The Labute approximate surface area is 156 Å². The number of carbonyl (C=O) groups excluding carboxylic acids is 2. The van der Waals surface area contributed by atoms with Crippen molar-refractivity contribution >= 4 is 47.5 Å². The van der Waals surface area contributed by atoms with E-state index in [1.165, 1.54) is 0 Å². The van der Waals surface area contributed by atoms with E-state index in [0.29, 0.717) is 0 Å². The predicted molar refractivity (Wildman–Crippen MR) is 93.7 cm³/mol. The van der Waals surface area contributed by atoms with Crippen molar-refractivity contribution in [3.8, 4) is 0 Å². The minimum absolute atomic E-state index is 0. The number of aliphatic carboxylic acids is 1. The Morgan fingerprint density at radius 2 is 1.92 bits per heavy atom. The molecule has 2 amide bonds. The maximum atomic E-state index is 11.9. The molecule has 0 bridgehead atoms. The number of para-hydroxylation sites is 1. The average Bonchev–Trinajstić information content (AvgIpc) is 2.95. The molecule has 1 aromatic heterocycles. The van der Waals surface area contributed by atoms with E-state index in [4.69, 9.17) is 11.5 Å². The topological polar surface area (TPSA) is 151 Å². The molecule has 8 nitrogen and oxygen atoms in total. The summed E-state index contributed by atoms with van der Waals surface area (Å²) in [5, 5.41) is 12.7. The molecule has 2 atom stereocenters. The zero-order valence-electron chi connectivity index (χ0n) is 14.0. The van der Waals surface area contributed by atoms with Gasteiger partial charge in [-0.25, -0.2) is 4.79 Å². The van der Waals surface area contributed by atoms with E-state index in [9.17, 15) is 19.5 Å². The number of carboxylic acid groups (broad SMARTS) is 1. The summed E-state index contributed by atoms with van der Waals surface area (Å²) in [6.07, 6.45) is 1.88. The molecule has 2 rings (SSSR count). The van der Waals surface area contributed by atoms with Crippen molar-refractivity contribution in [2.75, 3.05) is 0 Å². The number of nitrogens with one attached hydrogen (secondary N) is 2. The Balaban J connectivity index is 0.00000312. The summed E-state index contributed by atoms with van der Waals surface area (Å²) in [5.74, 6) is -2.32. The van der Waals surface area contributed by atoms with Crippen LogP contribution < -0.4 is 16.8 Å². The second-order valence-corrected chi connectivity index (χ2v) is 5.57. The Morgan fingerprint density at radius 3 is 2.56 bits per heavy atom. The van der Waals surface area contributed by atoms with Crippen LogP contribution in [0.1, 0.15) is 18.4 Å². The van der Waals surface area contributed by atoms with Gasteiger partial charge in [0.2, 0.25) is 11.8 Å². The number of aromatic amines is 1. The standard InChI is InChI=1S/C16H20N4O4.Li/c17-11(15(18)22)5-6-14(21)20-13(16(23)24)7-9-8-19-12-4-2-1-3-10(9)12;/h1-4,8,11,13,19H,5-7,17H2,(H2,18,22)(H,20,21)(H,23,24);/t11-,13-;/m1./s1. The summed E-state index contributed by atoms with van der Waals surface area (Å²) in [7, 11) is 0. The molecule has 25 heavy (non-hydrogen) atoms. The molecule has 1 heterocycles. The molecule has 0 saturated carbocycles. The second kappa shape index (κ2) is 9.27. The Hall–Kier alpha value is -2.27. The van der Waals surface area contributed by atoms with Crippen molar-refractivity contribution < 1.29 is 19.5 Å². The third-order valence-corrected chi connectivity index (χ3v) is 3.78. The van der Waals surface area contributed by atoms with Crippen LogP contribution in [0.2, 0.25) is 0 Å².